The number of ether oxygens (including phenoxy) is 3. The maximum absolute atomic E-state index is 12.0. The van der Waals surface area contributed by atoms with Crippen LogP contribution in [-0.4, -0.2) is 32.7 Å². The molecule has 6 nitrogen and oxygen atoms in total. The second-order valence-corrected chi connectivity index (χ2v) is 5.61. The standard InChI is InChI=1S/C17H15Cl2NO5/c1-23-14-8-10(17(22)24-2)6-7-13(14)25-9-15(21)20-16-11(18)4-3-5-12(16)19/h3-8H,9H2,1-2H3,(H,20,21). The summed E-state index contributed by atoms with van der Waals surface area (Å²) in [5.74, 6) is -0.355. The van der Waals surface area contributed by atoms with E-state index in [4.69, 9.17) is 32.7 Å². The van der Waals surface area contributed by atoms with Crippen LogP contribution in [-0.2, 0) is 9.53 Å². The summed E-state index contributed by atoms with van der Waals surface area (Å²) in [5, 5.41) is 3.22. The maximum Gasteiger partial charge on any atom is 0.337 e. The first-order valence-electron chi connectivity index (χ1n) is 7.09. The van der Waals surface area contributed by atoms with E-state index in [0.29, 0.717) is 32.8 Å². The molecule has 8 heteroatoms. The number of para-hydroxylation sites is 1. The molecule has 2 aromatic carbocycles. The van der Waals surface area contributed by atoms with Crippen LogP contribution in [0.3, 0.4) is 0 Å². The molecule has 0 bridgehead atoms. The van der Waals surface area contributed by atoms with Crippen molar-refractivity contribution in [3.8, 4) is 11.5 Å². The van der Waals surface area contributed by atoms with E-state index < -0.39 is 11.9 Å². The largest absolute Gasteiger partial charge is 0.493 e. The highest BCUT2D eigenvalue weighted by atomic mass is 35.5. The Hall–Kier alpha value is -2.44. The Labute approximate surface area is 154 Å². The Morgan fingerprint density at radius 1 is 1.04 bits per heavy atom. The summed E-state index contributed by atoms with van der Waals surface area (Å²) in [4.78, 5) is 23.6. The van der Waals surface area contributed by atoms with Crippen molar-refractivity contribution in [2.75, 3.05) is 26.1 Å². The number of hydrogen-bond donors (Lipinski definition) is 1. The summed E-state index contributed by atoms with van der Waals surface area (Å²) in [6.07, 6.45) is 0. The molecule has 1 amide bonds. The van der Waals surface area contributed by atoms with Gasteiger partial charge in [-0.2, -0.15) is 0 Å². The Morgan fingerprint density at radius 2 is 1.72 bits per heavy atom. The molecule has 2 aromatic rings. The van der Waals surface area contributed by atoms with Crippen LogP contribution in [0.15, 0.2) is 36.4 Å². The van der Waals surface area contributed by atoms with Gasteiger partial charge in [0.05, 0.1) is 35.5 Å². The zero-order chi connectivity index (χ0) is 18.4. The van der Waals surface area contributed by atoms with Crippen molar-refractivity contribution in [1.82, 2.24) is 0 Å². The lowest BCUT2D eigenvalue weighted by atomic mass is 10.2. The highest BCUT2D eigenvalue weighted by Gasteiger charge is 2.14. The van der Waals surface area contributed by atoms with Crippen molar-refractivity contribution >= 4 is 40.8 Å². The summed E-state index contributed by atoms with van der Waals surface area (Å²) < 4.78 is 15.2. The zero-order valence-electron chi connectivity index (χ0n) is 13.5. The molecule has 132 valence electrons. The van der Waals surface area contributed by atoms with Crippen LogP contribution in [0.1, 0.15) is 10.4 Å². The third-order valence-electron chi connectivity index (χ3n) is 3.17. The van der Waals surface area contributed by atoms with E-state index in [1.165, 1.54) is 32.4 Å². The Balaban J connectivity index is 2.05. The molecule has 2 rings (SSSR count). The number of methoxy groups -OCH3 is 2. The number of carbonyl (C=O) groups excluding carboxylic acids is 2. The predicted molar refractivity (Wildman–Crippen MR) is 94.9 cm³/mol. The first kappa shape index (κ1) is 18.9. The molecule has 0 aliphatic rings. The SMILES string of the molecule is COC(=O)c1ccc(OCC(=O)Nc2c(Cl)cccc2Cl)c(OC)c1. The van der Waals surface area contributed by atoms with Crippen LogP contribution in [0.2, 0.25) is 10.0 Å². The Bertz CT molecular complexity index is 774. The number of rotatable bonds is 6. The van der Waals surface area contributed by atoms with Crippen molar-refractivity contribution < 1.29 is 23.8 Å². The van der Waals surface area contributed by atoms with E-state index in [1.54, 1.807) is 18.2 Å². The third-order valence-corrected chi connectivity index (χ3v) is 3.80. The summed E-state index contributed by atoms with van der Waals surface area (Å²) in [6, 6.07) is 9.37. The fourth-order valence-electron chi connectivity index (χ4n) is 1.97. The summed E-state index contributed by atoms with van der Waals surface area (Å²) in [7, 11) is 2.70. The molecule has 25 heavy (non-hydrogen) atoms. The van der Waals surface area contributed by atoms with Gasteiger partial charge in [-0.25, -0.2) is 4.79 Å². The van der Waals surface area contributed by atoms with E-state index >= 15 is 0 Å². The van der Waals surface area contributed by atoms with E-state index in [0.717, 1.165) is 0 Å². The van der Waals surface area contributed by atoms with Crippen LogP contribution in [0.5, 0.6) is 11.5 Å². The van der Waals surface area contributed by atoms with Gasteiger partial charge in [0.1, 0.15) is 0 Å². The molecule has 0 unspecified atom stereocenters. The first-order valence-corrected chi connectivity index (χ1v) is 7.85. The summed E-state index contributed by atoms with van der Waals surface area (Å²) in [6.45, 7) is -0.296. The minimum atomic E-state index is -0.504. The molecule has 0 saturated heterocycles. The van der Waals surface area contributed by atoms with Crippen molar-refractivity contribution in [2.24, 2.45) is 0 Å². The van der Waals surface area contributed by atoms with Gasteiger partial charge >= 0.3 is 5.97 Å². The average molecular weight is 384 g/mol. The minimum Gasteiger partial charge on any atom is -0.493 e. The number of anilines is 1. The van der Waals surface area contributed by atoms with Crippen LogP contribution in [0.25, 0.3) is 0 Å². The van der Waals surface area contributed by atoms with E-state index in [-0.39, 0.29) is 6.61 Å². The topological polar surface area (TPSA) is 73.9 Å². The molecule has 0 atom stereocenters. The molecule has 0 aromatic heterocycles. The van der Waals surface area contributed by atoms with Crippen molar-refractivity contribution in [2.45, 2.75) is 0 Å². The van der Waals surface area contributed by atoms with Gasteiger partial charge in [-0.1, -0.05) is 29.3 Å². The zero-order valence-corrected chi connectivity index (χ0v) is 15.0. The normalized spacial score (nSPS) is 10.1. The molecule has 0 heterocycles. The second-order valence-electron chi connectivity index (χ2n) is 4.79. The van der Waals surface area contributed by atoms with Crippen molar-refractivity contribution in [3.05, 3.63) is 52.0 Å². The number of carbonyl (C=O) groups is 2. The van der Waals surface area contributed by atoms with Gasteiger partial charge < -0.3 is 19.5 Å². The lowest BCUT2D eigenvalue weighted by Gasteiger charge is -2.13. The van der Waals surface area contributed by atoms with Gasteiger partial charge in [0.25, 0.3) is 5.91 Å². The van der Waals surface area contributed by atoms with Gasteiger partial charge in [0.2, 0.25) is 0 Å². The number of benzene rings is 2. The van der Waals surface area contributed by atoms with E-state index in [2.05, 4.69) is 10.1 Å². The molecule has 0 radical (unpaired) electrons. The fourth-order valence-corrected chi connectivity index (χ4v) is 2.46. The monoisotopic (exact) mass is 383 g/mol. The molecule has 0 spiro atoms. The molecule has 0 aliphatic heterocycles. The van der Waals surface area contributed by atoms with Crippen LogP contribution >= 0.6 is 23.2 Å². The maximum atomic E-state index is 12.0. The highest BCUT2D eigenvalue weighted by Crippen LogP contribution is 2.30. The fraction of sp³-hybridized carbons (Fsp3) is 0.176. The molecule has 1 N–H and O–H groups in total. The van der Waals surface area contributed by atoms with Crippen molar-refractivity contribution in [3.63, 3.8) is 0 Å². The van der Waals surface area contributed by atoms with Gasteiger partial charge in [-0.15, -0.1) is 0 Å². The lowest BCUT2D eigenvalue weighted by Crippen LogP contribution is -2.20. The predicted octanol–water partition coefficient (Wildman–Crippen LogP) is 3.81. The van der Waals surface area contributed by atoms with Crippen LogP contribution < -0.4 is 14.8 Å². The number of halogens is 2. The van der Waals surface area contributed by atoms with E-state index in [9.17, 15) is 9.59 Å². The van der Waals surface area contributed by atoms with Gasteiger partial charge in [-0.05, 0) is 30.3 Å². The van der Waals surface area contributed by atoms with Crippen LogP contribution in [0, 0.1) is 0 Å². The van der Waals surface area contributed by atoms with Gasteiger partial charge in [-0.3, -0.25) is 4.79 Å². The average Bonchev–Trinajstić information content (AvgIpc) is 2.62. The summed E-state index contributed by atoms with van der Waals surface area (Å²) in [5.41, 5.74) is 0.617. The Morgan fingerprint density at radius 3 is 2.32 bits per heavy atom. The highest BCUT2D eigenvalue weighted by molar-refractivity contribution is 6.39. The molecule has 0 aliphatic carbocycles. The number of nitrogens with one attached hydrogen (secondary N) is 1. The quantitative estimate of drug-likeness (QED) is 0.767. The van der Waals surface area contributed by atoms with Crippen LogP contribution in [0.4, 0.5) is 5.69 Å². The molecule has 0 fully saturated rings. The number of amides is 1. The smallest absolute Gasteiger partial charge is 0.337 e. The first-order chi connectivity index (χ1) is 12.0. The van der Waals surface area contributed by atoms with Gasteiger partial charge in [0.15, 0.2) is 18.1 Å². The molecular formula is C17H15Cl2NO5. The van der Waals surface area contributed by atoms with E-state index in [1.807, 2.05) is 0 Å². The summed E-state index contributed by atoms with van der Waals surface area (Å²) >= 11 is 12.0. The van der Waals surface area contributed by atoms with Gasteiger partial charge in [0, 0.05) is 0 Å². The molecule has 0 saturated carbocycles. The number of hydrogen-bond acceptors (Lipinski definition) is 5. The minimum absolute atomic E-state index is 0.296. The second kappa shape index (κ2) is 8.60. The third kappa shape index (κ3) is 4.78. The molecular weight excluding hydrogens is 369 g/mol. The Kier molecular flexibility index (Phi) is 6.50. The van der Waals surface area contributed by atoms with Crippen molar-refractivity contribution in [1.29, 1.82) is 0 Å². The lowest BCUT2D eigenvalue weighted by molar-refractivity contribution is -0.118. The number of esters is 1.